The Morgan fingerprint density at radius 3 is 1.31 bits per heavy atom. The second-order valence-electron chi connectivity index (χ2n) is 20.1. The fraction of sp³-hybridized carbons (Fsp3) is 0.379. The lowest BCUT2D eigenvalue weighted by Gasteiger charge is -2.42. The maximum Gasteiger partial charge on any atom is 0.416 e. The summed E-state index contributed by atoms with van der Waals surface area (Å²) in [5.41, 5.74) is -1.84. The molecule has 0 bridgehead atoms. The van der Waals surface area contributed by atoms with Crippen LogP contribution < -0.4 is 20.4 Å². The third kappa shape index (κ3) is 16.0. The van der Waals surface area contributed by atoms with E-state index >= 15 is 0 Å². The molecule has 4 aromatic carbocycles. The highest BCUT2D eigenvalue weighted by Gasteiger charge is 2.46. The Labute approximate surface area is 476 Å². The van der Waals surface area contributed by atoms with E-state index in [-0.39, 0.29) is 77.9 Å². The number of amides is 6. The van der Waals surface area contributed by atoms with Gasteiger partial charge in [-0.1, -0.05) is 36.4 Å². The number of hydrogen-bond acceptors (Lipinski definition) is 13. The van der Waals surface area contributed by atoms with Gasteiger partial charge in [0.2, 0.25) is 11.8 Å². The van der Waals surface area contributed by atoms with Crippen molar-refractivity contribution in [1.82, 2.24) is 35.1 Å². The molecule has 25 heteroatoms. The van der Waals surface area contributed by atoms with Crippen molar-refractivity contribution in [3.63, 3.8) is 0 Å². The largest absolute Gasteiger partial charge is 0.461 e. The molecule has 0 spiro atoms. The fourth-order valence-electron chi connectivity index (χ4n) is 9.27. The molecule has 19 nitrogen and oxygen atoms in total. The Hall–Kier alpha value is -8.78. The normalized spacial score (nSPS) is 15.9. The van der Waals surface area contributed by atoms with Crippen molar-refractivity contribution in [2.24, 2.45) is 0 Å². The molecule has 0 saturated carbocycles. The Morgan fingerprint density at radius 1 is 0.566 bits per heavy atom. The lowest BCUT2D eigenvalue weighted by Crippen LogP contribution is -2.54. The van der Waals surface area contributed by atoms with E-state index in [0.29, 0.717) is 37.2 Å². The van der Waals surface area contributed by atoms with Gasteiger partial charge in [0.25, 0.3) is 0 Å². The number of carbonyl (C=O) groups is 6. The summed E-state index contributed by atoms with van der Waals surface area (Å²) in [4.78, 5) is 94.5. The molecule has 0 saturated heterocycles. The molecular formula is C58H63F6N11O8. The monoisotopic (exact) mass is 1160 g/mol. The number of esters is 2. The van der Waals surface area contributed by atoms with Crippen LogP contribution in [0.3, 0.4) is 0 Å². The first-order chi connectivity index (χ1) is 39.2. The number of nitrogens with zero attached hydrogens (tertiary/aromatic N) is 9. The molecule has 2 N–H and O–H groups in total. The summed E-state index contributed by atoms with van der Waals surface area (Å²) in [6.45, 7) is 2.47. The number of anilines is 2. The van der Waals surface area contributed by atoms with E-state index in [1.165, 1.54) is 74.5 Å². The zero-order valence-corrected chi connectivity index (χ0v) is 46.7. The number of halogens is 6. The van der Waals surface area contributed by atoms with Gasteiger partial charge in [-0.3, -0.25) is 19.4 Å². The molecule has 2 aliphatic heterocycles. The summed E-state index contributed by atoms with van der Waals surface area (Å²) < 4.78 is 95.4. The topological polar surface area (TPSA) is 215 Å². The second-order valence-corrected chi connectivity index (χ2v) is 20.1. The quantitative estimate of drug-likeness (QED) is 0.0420. The van der Waals surface area contributed by atoms with Gasteiger partial charge in [0, 0.05) is 44.1 Å². The Morgan fingerprint density at radius 2 is 0.952 bits per heavy atom. The van der Waals surface area contributed by atoms with Crippen LogP contribution in [0.2, 0.25) is 0 Å². The lowest BCUT2D eigenvalue weighted by molar-refractivity contribution is -0.141. The van der Waals surface area contributed by atoms with Crippen LogP contribution in [-0.4, -0.2) is 161 Å². The number of alkyl halides is 6. The average Bonchev–Trinajstić information content (AvgIpc) is 1.47. The van der Waals surface area contributed by atoms with Gasteiger partial charge in [0.1, 0.15) is 26.3 Å². The number of nitriles is 2. The molecule has 4 aromatic rings. The van der Waals surface area contributed by atoms with E-state index in [1.807, 2.05) is 17.0 Å². The number of carbonyl (C=O) groups excluding carboxylic acids is 6. The van der Waals surface area contributed by atoms with Crippen LogP contribution >= 0.6 is 0 Å². The first-order valence-electron chi connectivity index (χ1n) is 26.1. The molecule has 0 aromatic heterocycles. The minimum Gasteiger partial charge on any atom is -0.461 e. The molecule has 440 valence electrons. The zero-order chi connectivity index (χ0) is 60.9. The number of hydrogen-bond donors (Lipinski definition) is 2. The minimum absolute atomic E-state index is 0.0138. The van der Waals surface area contributed by atoms with Crippen molar-refractivity contribution in [3.8, 4) is 12.1 Å². The molecule has 2 atom stereocenters. The van der Waals surface area contributed by atoms with E-state index in [9.17, 15) is 65.6 Å². The summed E-state index contributed by atoms with van der Waals surface area (Å²) in [6.07, 6.45) is -9.26. The van der Waals surface area contributed by atoms with Gasteiger partial charge < -0.3 is 44.6 Å². The van der Waals surface area contributed by atoms with Crippen LogP contribution in [0.5, 0.6) is 0 Å². The van der Waals surface area contributed by atoms with Crippen LogP contribution in [-0.2, 0) is 41.0 Å². The third-order valence-corrected chi connectivity index (χ3v) is 13.5. The standard InChI is InChI=1S/C58H63F6N11O8/c1-37-49(53(78)82-29-27-69(3)4)51(41-19-15-39(33-65)16-20-41)72(55(80)74(37)45-13-8-11-43(31-45)57(59,60)61)35-47(76)67-23-10-25-71(7)26-24-68-48(77)36-73-52(42-21-17-40(34-66)18-22-42)50(54(79)83-30-28-70(5)6)38(2)75(56(73)81)46-14-9-12-44(32-46)58(62,63)64/h8-9,11-22,31-32,51-52H,10,23-30,35-36H2,1-7H3,(H,67,76)(H,68,77)/t51-,52-/m1/s1. The number of urea groups is 2. The predicted octanol–water partition coefficient (Wildman–Crippen LogP) is 7.45. The highest BCUT2D eigenvalue weighted by molar-refractivity contribution is 6.05. The van der Waals surface area contributed by atoms with E-state index in [2.05, 4.69) is 10.6 Å². The van der Waals surface area contributed by atoms with Crippen molar-refractivity contribution in [1.29, 1.82) is 10.5 Å². The maximum absolute atomic E-state index is 14.7. The van der Waals surface area contributed by atoms with E-state index in [1.54, 1.807) is 45.0 Å². The number of nitrogens with one attached hydrogen (secondary N) is 2. The smallest absolute Gasteiger partial charge is 0.416 e. The van der Waals surface area contributed by atoms with Gasteiger partial charge in [0.05, 0.1) is 69.0 Å². The number of rotatable bonds is 23. The minimum atomic E-state index is -4.79. The molecule has 0 aliphatic carbocycles. The third-order valence-electron chi connectivity index (χ3n) is 13.5. The Balaban J connectivity index is 1.16. The van der Waals surface area contributed by atoms with Gasteiger partial charge in [-0.25, -0.2) is 19.2 Å². The van der Waals surface area contributed by atoms with Crippen molar-refractivity contribution in [2.75, 3.05) is 111 Å². The molecule has 6 rings (SSSR count). The molecule has 0 unspecified atom stereocenters. The summed E-state index contributed by atoms with van der Waals surface area (Å²) in [7, 11) is 8.73. The Bertz CT molecular complexity index is 3190. The fourth-order valence-corrected chi connectivity index (χ4v) is 9.27. The highest BCUT2D eigenvalue weighted by atomic mass is 19.4. The van der Waals surface area contributed by atoms with Gasteiger partial charge in [0.15, 0.2) is 0 Å². The van der Waals surface area contributed by atoms with Gasteiger partial charge in [-0.05, 0) is 134 Å². The molecule has 2 aliphatic rings. The van der Waals surface area contributed by atoms with Gasteiger partial charge >= 0.3 is 36.4 Å². The Kier molecular flexibility index (Phi) is 21.2. The van der Waals surface area contributed by atoms with Gasteiger partial charge in [-0.15, -0.1) is 0 Å². The molecule has 2 heterocycles. The lowest BCUT2D eigenvalue weighted by atomic mass is 9.92. The predicted molar refractivity (Wildman–Crippen MR) is 292 cm³/mol. The van der Waals surface area contributed by atoms with E-state index in [0.717, 1.165) is 56.0 Å². The number of benzene rings is 4. The molecule has 0 fully saturated rings. The van der Waals surface area contributed by atoms with Crippen LogP contribution in [0.25, 0.3) is 0 Å². The molecule has 6 amide bonds. The first kappa shape index (κ1) is 63.4. The molecule has 83 heavy (non-hydrogen) atoms. The number of likely N-dealkylation sites (N-methyl/N-ethyl adjacent to an activating group) is 3. The van der Waals surface area contributed by atoms with Crippen LogP contribution in [0.1, 0.15) is 65.7 Å². The summed E-state index contributed by atoms with van der Waals surface area (Å²) in [6, 6.07) is 19.3. The molecule has 0 radical (unpaired) electrons. The van der Waals surface area contributed by atoms with Crippen LogP contribution in [0.15, 0.2) is 120 Å². The van der Waals surface area contributed by atoms with Crippen molar-refractivity contribution < 1.29 is 64.6 Å². The van der Waals surface area contributed by atoms with Gasteiger partial charge in [-0.2, -0.15) is 36.9 Å². The van der Waals surface area contributed by atoms with Crippen molar-refractivity contribution in [3.05, 3.63) is 153 Å². The average molecular weight is 1160 g/mol. The maximum atomic E-state index is 14.7. The van der Waals surface area contributed by atoms with E-state index < -0.39 is 84.5 Å². The van der Waals surface area contributed by atoms with Crippen LogP contribution in [0, 0.1) is 22.7 Å². The van der Waals surface area contributed by atoms with Crippen LogP contribution in [0.4, 0.5) is 47.3 Å². The summed E-state index contributed by atoms with van der Waals surface area (Å²) >= 11 is 0. The van der Waals surface area contributed by atoms with Crippen molar-refractivity contribution >= 4 is 47.2 Å². The van der Waals surface area contributed by atoms with Crippen molar-refractivity contribution in [2.45, 2.75) is 44.7 Å². The second kappa shape index (κ2) is 27.8. The van der Waals surface area contributed by atoms with E-state index in [4.69, 9.17) is 9.47 Å². The molecular weight excluding hydrogens is 1090 g/mol. The SMILES string of the molecule is CC1=C(C(=O)OCCN(C)C)[C@@H](c2ccc(C#N)cc2)N(CC(=O)NCCCN(C)CCNC(=O)CN2C(=O)N(c3cccc(C(F)(F)F)c3)C(C)=C(C(=O)OCCN(C)C)[C@H]2c2ccc(C#N)cc2)C(=O)N1c1cccc(C(F)(F)F)c1. The summed E-state index contributed by atoms with van der Waals surface area (Å²) in [5.74, 6) is -3.18. The zero-order valence-electron chi connectivity index (χ0n) is 46.7. The number of ether oxygens (including phenoxy) is 2. The highest BCUT2D eigenvalue weighted by Crippen LogP contribution is 2.43. The number of allylic oxidation sites excluding steroid dienone is 2. The summed E-state index contributed by atoms with van der Waals surface area (Å²) in [5, 5.41) is 24.6. The first-order valence-corrected chi connectivity index (χ1v) is 26.1.